The molecule has 0 radical (unpaired) electrons. The summed E-state index contributed by atoms with van der Waals surface area (Å²) in [5.74, 6) is 0.543. The number of anilines is 2. The average Bonchev–Trinajstić information content (AvgIpc) is 2.84. The van der Waals surface area contributed by atoms with E-state index in [0.29, 0.717) is 11.5 Å². The highest BCUT2D eigenvalue weighted by Crippen LogP contribution is 2.39. The summed E-state index contributed by atoms with van der Waals surface area (Å²) < 4.78 is 2.13. The summed E-state index contributed by atoms with van der Waals surface area (Å²) in [4.78, 5) is 4.64. The first-order valence-corrected chi connectivity index (χ1v) is 7.97. The molecule has 120 valence electrons. The third-order valence-corrected chi connectivity index (χ3v) is 4.75. The van der Waals surface area contributed by atoms with Crippen LogP contribution in [0.2, 0.25) is 0 Å². The lowest BCUT2D eigenvalue weighted by molar-refractivity contribution is 0.970. The van der Waals surface area contributed by atoms with Gasteiger partial charge in [0.05, 0.1) is 5.52 Å². The molecule has 0 saturated carbocycles. The quantitative estimate of drug-likeness (QED) is 0.518. The van der Waals surface area contributed by atoms with E-state index in [4.69, 9.17) is 11.5 Å². The third kappa shape index (κ3) is 1.96. The van der Waals surface area contributed by atoms with Crippen molar-refractivity contribution in [2.45, 2.75) is 13.8 Å². The van der Waals surface area contributed by atoms with Gasteiger partial charge < -0.3 is 16.0 Å². The Hall–Kier alpha value is -3.01. The van der Waals surface area contributed by atoms with Gasteiger partial charge in [0.1, 0.15) is 5.82 Å². The Balaban J connectivity index is 2.14. The van der Waals surface area contributed by atoms with Gasteiger partial charge in [-0.15, -0.1) is 0 Å². The zero-order valence-electron chi connectivity index (χ0n) is 14.1. The zero-order valence-corrected chi connectivity index (χ0v) is 14.1. The predicted molar refractivity (Wildman–Crippen MR) is 102 cm³/mol. The molecule has 0 spiro atoms. The number of para-hydroxylation sites is 1. The molecular weight excluding hydrogens is 296 g/mol. The van der Waals surface area contributed by atoms with Gasteiger partial charge >= 0.3 is 0 Å². The van der Waals surface area contributed by atoms with E-state index in [1.165, 1.54) is 10.9 Å². The lowest BCUT2D eigenvalue weighted by atomic mass is 9.95. The van der Waals surface area contributed by atoms with Crippen LogP contribution in [0.1, 0.15) is 11.1 Å². The summed E-state index contributed by atoms with van der Waals surface area (Å²) in [5.41, 5.74) is 19.5. The molecule has 2 heterocycles. The maximum Gasteiger partial charge on any atom is 0.132 e. The van der Waals surface area contributed by atoms with E-state index in [-0.39, 0.29) is 0 Å². The van der Waals surface area contributed by atoms with Gasteiger partial charge in [-0.2, -0.15) is 0 Å². The lowest BCUT2D eigenvalue weighted by Gasteiger charge is -2.14. The molecule has 4 heteroatoms. The van der Waals surface area contributed by atoms with Crippen molar-refractivity contribution in [2.75, 3.05) is 11.5 Å². The van der Waals surface area contributed by atoms with Gasteiger partial charge in [-0.1, -0.05) is 18.2 Å². The molecule has 0 aliphatic carbocycles. The minimum atomic E-state index is 0.543. The molecule has 0 saturated heterocycles. The first kappa shape index (κ1) is 14.6. The van der Waals surface area contributed by atoms with E-state index in [9.17, 15) is 0 Å². The minimum Gasteiger partial charge on any atom is -0.399 e. The second kappa shape index (κ2) is 4.99. The normalized spacial score (nSPS) is 11.5. The predicted octanol–water partition coefficient (Wildman–Crippen LogP) is 4.17. The van der Waals surface area contributed by atoms with Crippen molar-refractivity contribution in [1.82, 2.24) is 9.55 Å². The number of fused-ring (bicyclic) bond motifs is 2. The van der Waals surface area contributed by atoms with E-state index in [1.54, 1.807) is 0 Å². The van der Waals surface area contributed by atoms with E-state index in [2.05, 4.69) is 54.8 Å². The molecule has 4 nitrogen and oxygen atoms in total. The molecule has 0 amide bonds. The number of nitrogen functional groups attached to an aromatic ring is 2. The number of benzene rings is 2. The monoisotopic (exact) mass is 316 g/mol. The number of pyridine rings is 1. The maximum absolute atomic E-state index is 6.36. The summed E-state index contributed by atoms with van der Waals surface area (Å²) in [6.07, 6.45) is 2.13. The van der Waals surface area contributed by atoms with Gasteiger partial charge in [-0.05, 0) is 43.2 Å². The first-order valence-electron chi connectivity index (χ1n) is 7.97. The largest absolute Gasteiger partial charge is 0.399 e. The fourth-order valence-electron chi connectivity index (χ4n) is 3.76. The van der Waals surface area contributed by atoms with E-state index >= 15 is 0 Å². The Kier molecular flexibility index (Phi) is 3.03. The van der Waals surface area contributed by atoms with Crippen LogP contribution in [0.3, 0.4) is 0 Å². The molecule has 4 aromatic rings. The van der Waals surface area contributed by atoms with Crippen LogP contribution < -0.4 is 11.5 Å². The molecule has 24 heavy (non-hydrogen) atoms. The fourth-order valence-corrected chi connectivity index (χ4v) is 3.76. The van der Waals surface area contributed by atoms with Crippen LogP contribution in [0, 0.1) is 13.8 Å². The van der Waals surface area contributed by atoms with Crippen LogP contribution in [-0.4, -0.2) is 9.55 Å². The van der Waals surface area contributed by atoms with Crippen molar-refractivity contribution in [3.63, 3.8) is 0 Å². The van der Waals surface area contributed by atoms with Gasteiger partial charge in [0.25, 0.3) is 0 Å². The molecule has 4 N–H and O–H groups in total. The van der Waals surface area contributed by atoms with Crippen molar-refractivity contribution < 1.29 is 0 Å². The molecule has 2 aromatic heterocycles. The number of hydrogen-bond acceptors (Lipinski definition) is 3. The van der Waals surface area contributed by atoms with Gasteiger partial charge in [0.15, 0.2) is 0 Å². The number of aromatic nitrogens is 2. The highest BCUT2D eigenvalue weighted by atomic mass is 14.9. The number of nitrogens with zero attached hydrogens (tertiary/aromatic N) is 2. The number of nitrogens with two attached hydrogens (primary N) is 2. The SMILES string of the molecule is Cc1cc(N)cc2nc(N)c(-c3cn(C)c4ccccc34)c(C)c12. The molecule has 0 aliphatic heterocycles. The minimum absolute atomic E-state index is 0.543. The molecule has 0 unspecified atom stereocenters. The molecule has 0 atom stereocenters. The van der Waals surface area contributed by atoms with E-state index < -0.39 is 0 Å². The van der Waals surface area contributed by atoms with Crippen molar-refractivity contribution in [1.29, 1.82) is 0 Å². The van der Waals surface area contributed by atoms with Gasteiger partial charge in [-0.25, -0.2) is 4.98 Å². The zero-order chi connectivity index (χ0) is 17.0. The second-order valence-electron chi connectivity index (χ2n) is 6.40. The summed E-state index contributed by atoms with van der Waals surface area (Å²) in [6, 6.07) is 12.2. The van der Waals surface area contributed by atoms with Crippen molar-refractivity contribution in [3.05, 3.63) is 53.7 Å². The van der Waals surface area contributed by atoms with Crippen molar-refractivity contribution in [2.24, 2.45) is 7.05 Å². The van der Waals surface area contributed by atoms with Gasteiger partial charge in [0.2, 0.25) is 0 Å². The van der Waals surface area contributed by atoms with Gasteiger partial charge in [-0.3, -0.25) is 0 Å². The second-order valence-corrected chi connectivity index (χ2v) is 6.40. The Morgan fingerprint density at radius 2 is 1.79 bits per heavy atom. The summed E-state index contributed by atoms with van der Waals surface area (Å²) >= 11 is 0. The van der Waals surface area contributed by atoms with Crippen LogP contribution in [-0.2, 0) is 7.05 Å². The van der Waals surface area contributed by atoms with E-state index in [1.807, 2.05) is 18.2 Å². The smallest absolute Gasteiger partial charge is 0.132 e. The molecule has 4 rings (SSSR count). The standard InChI is InChI=1S/C20H20N4/c1-11-8-13(21)9-16-18(11)12(2)19(20(22)23-16)15-10-24(3)17-7-5-4-6-14(15)17/h4-10H,21H2,1-3H3,(H2,22,23). The molecule has 0 bridgehead atoms. The van der Waals surface area contributed by atoms with Crippen molar-refractivity contribution >= 4 is 33.3 Å². The summed E-state index contributed by atoms with van der Waals surface area (Å²) in [5, 5.41) is 2.31. The molecule has 2 aromatic carbocycles. The number of rotatable bonds is 1. The van der Waals surface area contributed by atoms with Crippen LogP contribution in [0.4, 0.5) is 11.5 Å². The third-order valence-electron chi connectivity index (χ3n) is 4.75. The number of hydrogen-bond donors (Lipinski definition) is 2. The van der Waals surface area contributed by atoms with Crippen LogP contribution in [0.15, 0.2) is 42.6 Å². The van der Waals surface area contributed by atoms with Crippen molar-refractivity contribution in [3.8, 4) is 11.1 Å². The topological polar surface area (TPSA) is 69.9 Å². The Labute approximate surface area is 140 Å². The van der Waals surface area contributed by atoms with Gasteiger partial charge in [0, 0.05) is 46.3 Å². The fraction of sp³-hybridized carbons (Fsp3) is 0.150. The van der Waals surface area contributed by atoms with Crippen LogP contribution in [0.5, 0.6) is 0 Å². The summed E-state index contributed by atoms with van der Waals surface area (Å²) in [7, 11) is 2.05. The molecule has 0 aliphatic rings. The average molecular weight is 316 g/mol. The Bertz CT molecular complexity index is 1110. The first-order chi connectivity index (χ1) is 11.5. The highest BCUT2D eigenvalue weighted by Gasteiger charge is 2.17. The van der Waals surface area contributed by atoms with Crippen LogP contribution >= 0.6 is 0 Å². The highest BCUT2D eigenvalue weighted by molar-refractivity contribution is 6.04. The molecule has 0 fully saturated rings. The van der Waals surface area contributed by atoms with Crippen LogP contribution in [0.25, 0.3) is 32.9 Å². The maximum atomic E-state index is 6.36. The summed E-state index contributed by atoms with van der Waals surface area (Å²) in [6.45, 7) is 4.18. The lowest BCUT2D eigenvalue weighted by Crippen LogP contribution is -2.00. The molecular formula is C20H20N4. The number of aryl methyl sites for hydroxylation is 3. The van der Waals surface area contributed by atoms with E-state index in [0.717, 1.165) is 33.2 Å². The Morgan fingerprint density at radius 1 is 1.04 bits per heavy atom. The Morgan fingerprint density at radius 3 is 2.58 bits per heavy atom.